The number of carbonyl (C=O) groups excluding carboxylic acids is 2. The predicted octanol–water partition coefficient (Wildman–Crippen LogP) is 3.64. The molecule has 0 radical (unpaired) electrons. The summed E-state index contributed by atoms with van der Waals surface area (Å²) in [5.74, 6) is -0.288. The molecule has 2 aromatic rings. The molecule has 1 N–H and O–H groups in total. The van der Waals surface area contributed by atoms with Gasteiger partial charge in [-0.15, -0.1) is 0 Å². The van der Waals surface area contributed by atoms with Gasteiger partial charge in [0.15, 0.2) is 0 Å². The second-order valence-electron chi connectivity index (χ2n) is 8.14. The lowest BCUT2D eigenvalue weighted by Crippen LogP contribution is -2.50. The average Bonchev–Trinajstić information content (AvgIpc) is 3.19. The number of nitrogens with zero attached hydrogens (tertiary/aromatic N) is 3. The summed E-state index contributed by atoms with van der Waals surface area (Å²) in [7, 11) is 0. The van der Waals surface area contributed by atoms with Crippen molar-refractivity contribution in [3.05, 3.63) is 59.7 Å². The third-order valence-electron chi connectivity index (χ3n) is 5.28. The number of hydrogen-bond acceptors (Lipinski definition) is 2. The Bertz CT molecular complexity index is 880. The Morgan fingerprint density at radius 2 is 1.97 bits per heavy atom. The number of carbonyl (C=O) groups is 2. The molecule has 0 bridgehead atoms. The average molecular weight is 415 g/mol. The van der Waals surface area contributed by atoms with Crippen LogP contribution < -0.4 is 5.32 Å². The van der Waals surface area contributed by atoms with Crippen molar-refractivity contribution in [3.63, 3.8) is 0 Å². The molecule has 0 saturated heterocycles. The minimum Gasteiger partial charge on any atom is -0.348 e. The lowest BCUT2D eigenvalue weighted by molar-refractivity contribution is -0.134. The first-order chi connectivity index (χ1) is 14.4. The van der Waals surface area contributed by atoms with Crippen LogP contribution in [-0.4, -0.2) is 52.5 Å². The van der Waals surface area contributed by atoms with Crippen LogP contribution in [0.25, 0.3) is 0 Å². The van der Waals surface area contributed by atoms with E-state index < -0.39 is 6.04 Å². The fraction of sp³-hybridized carbons (Fsp3) is 0.478. The lowest BCUT2D eigenvalue weighted by Gasteiger charge is -2.38. The van der Waals surface area contributed by atoms with E-state index in [1.165, 1.54) is 6.07 Å². The summed E-state index contributed by atoms with van der Waals surface area (Å²) < 4.78 is 16.7. The van der Waals surface area contributed by atoms with Crippen molar-refractivity contribution in [1.82, 2.24) is 19.7 Å². The van der Waals surface area contributed by atoms with Crippen molar-refractivity contribution in [1.29, 1.82) is 0 Å². The van der Waals surface area contributed by atoms with E-state index in [0.29, 0.717) is 31.7 Å². The fourth-order valence-corrected chi connectivity index (χ4v) is 3.93. The molecule has 1 aromatic carbocycles. The number of aromatic nitrogens is 1. The van der Waals surface area contributed by atoms with Crippen molar-refractivity contribution >= 4 is 11.9 Å². The number of rotatable bonds is 7. The van der Waals surface area contributed by atoms with Gasteiger partial charge in [-0.25, -0.2) is 9.18 Å². The summed E-state index contributed by atoms with van der Waals surface area (Å²) in [6, 6.07) is 9.67. The monoisotopic (exact) mass is 414 g/mol. The Kier molecular flexibility index (Phi) is 7.13. The highest BCUT2D eigenvalue weighted by molar-refractivity contribution is 5.84. The smallest absolute Gasteiger partial charge is 0.317 e. The number of hydrogen-bond donors (Lipinski definition) is 1. The molecule has 162 valence electrons. The van der Waals surface area contributed by atoms with Gasteiger partial charge >= 0.3 is 6.03 Å². The van der Waals surface area contributed by atoms with Crippen LogP contribution in [0, 0.1) is 11.7 Å². The van der Waals surface area contributed by atoms with Crippen LogP contribution in [0.5, 0.6) is 0 Å². The molecular weight excluding hydrogens is 383 g/mol. The highest BCUT2D eigenvalue weighted by Crippen LogP contribution is 2.33. The zero-order valence-electron chi connectivity index (χ0n) is 18.0. The number of urea groups is 1. The standard InChI is InChI=1S/C23H31FN4O2/c1-4-11-25-23(30)27(15-17(2)3)16-21(29)28-14-13-26-12-7-10-20(26)22(28)18-8-5-6-9-19(18)24/h5-10,12,17,22H,4,11,13-16H2,1-3H3,(H,25,30)/t22-/m1/s1. The maximum Gasteiger partial charge on any atom is 0.317 e. The van der Waals surface area contributed by atoms with Gasteiger partial charge in [-0.2, -0.15) is 0 Å². The number of fused-ring (bicyclic) bond motifs is 1. The van der Waals surface area contributed by atoms with E-state index in [2.05, 4.69) is 9.88 Å². The summed E-state index contributed by atoms with van der Waals surface area (Å²) in [6.07, 6.45) is 2.78. The molecule has 0 saturated carbocycles. The number of halogens is 1. The summed E-state index contributed by atoms with van der Waals surface area (Å²) in [5, 5.41) is 2.86. The Morgan fingerprint density at radius 3 is 2.67 bits per heavy atom. The van der Waals surface area contributed by atoms with E-state index in [1.807, 2.05) is 39.1 Å². The van der Waals surface area contributed by atoms with Gasteiger partial charge in [-0.3, -0.25) is 4.79 Å². The number of nitrogens with one attached hydrogen (secondary N) is 1. The summed E-state index contributed by atoms with van der Waals surface area (Å²) in [5.41, 5.74) is 1.35. The largest absolute Gasteiger partial charge is 0.348 e. The molecule has 3 amide bonds. The van der Waals surface area contributed by atoms with Crippen LogP contribution in [0.4, 0.5) is 9.18 Å². The van der Waals surface area contributed by atoms with Gasteiger partial charge in [-0.1, -0.05) is 39.0 Å². The van der Waals surface area contributed by atoms with Crippen LogP contribution in [-0.2, 0) is 11.3 Å². The van der Waals surface area contributed by atoms with E-state index >= 15 is 0 Å². The normalized spacial score (nSPS) is 15.8. The summed E-state index contributed by atoms with van der Waals surface area (Å²) in [4.78, 5) is 29.2. The molecule has 1 atom stereocenters. The Balaban J connectivity index is 1.87. The van der Waals surface area contributed by atoms with Crippen LogP contribution in [0.1, 0.15) is 44.5 Å². The second-order valence-corrected chi connectivity index (χ2v) is 8.14. The van der Waals surface area contributed by atoms with Crippen molar-refractivity contribution < 1.29 is 14.0 Å². The van der Waals surface area contributed by atoms with E-state index in [-0.39, 0.29) is 30.2 Å². The molecule has 3 rings (SSSR count). The van der Waals surface area contributed by atoms with Crippen molar-refractivity contribution in [2.45, 2.75) is 39.8 Å². The number of benzene rings is 1. The highest BCUT2D eigenvalue weighted by Gasteiger charge is 2.34. The third-order valence-corrected chi connectivity index (χ3v) is 5.28. The zero-order valence-corrected chi connectivity index (χ0v) is 18.0. The van der Waals surface area contributed by atoms with Gasteiger partial charge in [-0.05, 0) is 30.5 Å². The molecular formula is C23H31FN4O2. The molecule has 1 aliphatic rings. The summed E-state index contributed by atoms with van der Waals surface area (Å²) >= 11 is 0. The quantitative estimate of drug-likeness (QED) is 0.752. The molecule has 7 heteroatoms. The molecule has 6 nitrogen and oxygen atoms in total. The van der Waals surface area contributed by atoms with E-state index in [0.717, 1.165) is 12.1 Å². The van der Waals surface area contributed by atoms with Crippen molar-refractivity contribution in [2.75, 3.05) is 26.2 Å². The van der Waals surface area contributed by atoms with Crippen LogP contribution in [0.2, 0.25) is 0 Å². The van der Waals surface area contributed by atoms with Gasteiger partial charge in [0, 0.05) is 43.6 Å². The second kappa shape index (κ2) is 9.78. The van der Waals surface area contributed by atoms with E-state index in [1.54, 1.807) is 28.0 Å². The summed E-state index contributed by atoms with van der Waals surface area (Å²) in [6.45, 7) is 8.14. The van der Waals surface area contributed by atoms with Gasteiger partial charge in [0.05, 0.1) is 0 Å². The van der Waals surface area contributed by atoms with Gasteiger partial charge in [0.25, 0.3) is 0 Å². The number of amides is 3. The van der Waals surface area contributed by atoms with E-state index in [9.17, 15) is 14.0 Å². The maximum atomic E-state index is 14.7. The topological polar surface area (TPSA) is 57.6 Å². The van der Waals surface area contributed by atoms with Gasteiger partial charge < -0.3 is 19.7 Å². The predicted molar refractivity (Wildman–Crippen MR) is 114 cm³/mol. The SMILES string of the molecule is CCCNC(=O)N(CC(=O)N1CCn2cccc2[C@H]1c1ccccc1F)CC(C)C. The Morgan fingerprint density at radius 1 is 1.20 bits per heavy atom. The molecule has 0 aliphatic carbocycles. The minimum absolute atomic E-state index is 0.0284. The first-order valence-corrected chi connectivity index (χ1v) is 10.6. The molecule has 30 heavy (non-hydrogen) atoms. The lowest BCUT2D eigenvalue weighted by atomic mass is 9.99. The molecule has 0 spiro atoms. The van der Waals surface area contributed by atoms with Crippen LogP contribution >= 0.6 is 0 Å². The van der Waals surface area contributed by atoms with Gasteiger partial charge in [0.2, 0.25) is 5.91 Å². The fourth-order valence-electron chi connectivity index (χ4n) is 3.93. The van der Waals surface area contributed by atoms with Crippen molar-refractivity contribution in [2.24, 2.45) is 5.92 Å². The first kappa shape index (κ1) is 21.9. The van der Waals surface area contributed by atoms with Gasteiger partial charge in [0.1, 0.15) is 18.4 Å². The Labute approximate surface area is 177 Å². The molecule has 0 unspecified atom stereocenters. The van der Waals surface area contributed by atoms with Crippen molar-refractivity contribution in [3.8, 4) is 0 Å². The molecule has 2 heterocycles. The molecule has 1 aromatic heterocycles. The molecule has 1 aliphatic heterocycles. The maximum absolute atomic E-state index is 14.7. The highest BCUT2D eigenvalue weighted by atomic mass is 19.1. The minimum atomic E-state index is -0.512. The van der Waals surface area contributed by atoms with E-state index in [4.69, 9.17) is 0 Å². The zero-order chi connectivity index (χ0) is 21.7. The van der Waals surface area contributed by atoms with Crippen LogP contribution in [0.15, 0.2) is 42.6 Å². The molecule has 0 fully saturated rings. The Hall–Kier alpha value is -2.83. The van der Waals surface area contributed by atoms with Crippen LogP contribution in [0.3, 0.4) is 0 Å². The first-order valence-electron chi connectivity index (χ1n) is 10.6. The third kappa shape index (κ3) is 4.83.